The zero-order valence-corrected chi connectivity index (χ0v) is 17.1. The summed E-state index contributed by atoms with van der Waals surface area (Å²) < 4.78 is 40.4. The van der Waals surface area contributed by atoms with Crippen molar-refractivity contribution in [1.82, 2.24) is 19.7 Å². The van der Waals surface area contributed by atoms with E-state index >= 15 is 0 Å². The second-order valence-electron chi connectivity index (χ2n) is 7.51. The number of rotatable bonds is 4. The second-order valence-corrected chi connectivity index (χ2v) is 7.51. The molecule has 4 rings (SSSR count). The van der Waals surface area contributed by atoms with Crippen LogP contribution in [-0.2, 0) is 12.7 Å². The van der Waals surface area contributed by atoms with Crippen LogP contribution in [0.25, 0.3) is 11.0 Å². The van der Waals surface area contributed by atoms with Crippen LogP contribution in [0.4, 0.5) is 19.0 Å². The van der Waals surface area contributed by atoms with Crippen molar-refractivity contribution in [3.8, 4) is 0 Å². The Morgan fingerprint density at radius 2 is 1.81 bits per heavy atom. The molecule has 0 fully saturated rings. The van der Waals surface area contributed by atoms with Crippen molar-refractivity contribution in [3.63, 3.8) is 0 Å². The zero-order valence-electron chi connectivity index (χ0n) is 17.1. The maximum Gasteiger partial charge on any atom is 0.416 e. The molecule has 3 heterocycles. The first-order valence-corrected chi connectivity index (χ1v) is 9.58. The van der Waals surface area contributed by atoms with E-state index in [-0.39, 0.29) is 5.91 Å². The van der Waals surface area contributed by atoms with E-state index in [0.29, 0.717) is 23.6 Å². The van der Waals surface area contributed by atoms with Crippen LogP contribution >= 0.6 is 0 Å². The van der Waals surface area contributed by atoms with E-state index in [1.54, 1.807) is 13.1 Å². The molecule has 31 heavy (non-hydrogen) atoms. The molecule has 4 aromatic rings. The molecule has 0 saturated heterocycles. The van der Waals surface area contributed by atoms with E-state index in [1.807, 2.05) is 30.5 Å². The van der Waals surface area contributed by atoms with Gasteiger partial charge in [0, 0.05) is 12.2 Å². The predicted octanol–water partition coefficient (Wildman–Crippen LogP) is 5.00. The number of carbonyl (C=O) groups excluding carboxylic acids is 1. The van der Waals surface area contributed by atoms with Crippen LogP contribution in [-0.4, -0.2) is 25.7 Å². The topological polar surface area (TPSA) is 75.6 Å². The molecule has 0 saturated carbocycles. The summed E-state index contributed by atoms with van der Waals surface area (Å²) in [5, 5.41) is 9.34. The summed E-state index contributed by atoms with van der Waals surface area (Å²) >= 11 is 0. The molecule has 0 unspecified atom stereocenters. The summed E-state index contributed by atoms with van der Waals surface area (Å²) in [6.07, 6.45) is -2.78. The molecular formula is C22H20F3N5O. The number of pyridine rings is 1. The standard InChI is InChI=1S/C22H20F3N5O/c1-12-8-18-17(27-20(12)28-21(31)19-13(2)10-26-29-19)9-14(3)30(18)11-15-4-6-16(7-5-15)22(23,24)25/h4-10H,11H2,1-3H3,(H,26,29)(H,27,28,31). The van der Waals surface area contributed by atoms with E-state index in [9.17, 15) is 18.0 Å². The van der Waals surface area contributed by atoms with Gasteiger partial charge in [-0.15, -0.1) is 0 Å². The van der Waals surface area contributed by atoms with Gasteiger partial charge < -0.3 is 9.88 Å². The average molecular weight is 427 g/mol. The second kappa shape index (κ2) is 7.57. The molecule has 3 aromatic heterocycles. The Morgan fingerprint density at radius 3 is 2.42 bits per heavy atom. The minimum atomic E-state index is -4.36. The van der Waals surface area contributed by atoms with Crippen molar-refractivity contribution >= 4 is 22.8 Å². The Kier molecular flexibility index (Phi) is 5.04. The number of hydrogen-bond donors (Lipinski definition) is 2. The van der Waals surface area contributed by atoms with Crippen molar-refractivity contribution in [3.05, 3.63) is 76.2 Å². The maximum atomic E-state index is 12.8. The van der Waals surface area contributed by atoms with Gasteiger partial charge in [0.25, 0.3) is 5.91 Å². The lowest BCUT2D eigenvalue weighted by Crippen LogP contribution is -2.15. The molecule has 0 spiro atoms. The zero-order chi connectivity index (χ0) is 22.3. The third-order valence-corrected chi connectivity index (χ3v) is 5.19. The number of aryl methyl sites for hydroxylation is 3. The molecule has 1 aromatic carbocycles. The number of aromatic amines is 1. The Bertz CT molecular complexity index is 1270. The monoisotopic (exact) mass is 427 g/mol. The highest BCUT2D eigenvalue weighted by atomic mass is 19.4. The van der Waals surface area contributed by atoms with Crippen LogP contribution in [0.3, 0.4) is 0 Å². The summed E-state index contributed by atoms with van der Waals surface area (Å²) in [5.41, 5.74) is 4.39. The van der Waals surface area contributed by atoms with E-state index in [1.165, 1.54) is 12.1 Å². The average Bonchev–Trinajstić information content (AvgIpc) is 3.25. The van der Waals surface area contributed by atoms with Crippen LogP contribution in [0.15, 0.2) is 42.6 Å². The number of alkyl halides is 3. The van der Waals surface area contributed by atoms with Crippen molar-refractivity contribution in [1.29, 1.82) is 0 Å². The van der Waals surface area contributed by atoms with Gasteiger partial charge in [-0.05, 0) is 61.7 Å². The minimum Gasteiger partial charge on any atom is -0.339 e. The number of anilines is 1. The number of fused-ring (bicyclic) bond motifs is 1. The van der Waals surface area contributed by atoms with Crippen LogP contribution in [0, 0.1) is 20.8 Å². The number of nitrogens with one attached hydrogen (secondary N) is 2. The van der Waals surface area contributed by atoms with Gasteiger partial charge >= 0.3 is 6.18 Å². The smallest absolute Gasteiger partial charge is 0.339 e. The summed E-state index contributed by atoms with van der Waals surface area (Å²) in [7, 11) is 0. The molecule has 0 aliphatic heterocycles. The minimum absolute atomic E-state index is 0.328. The van der Waals surface area contributed by atoms with Gasteiger partial charge in [-0.1, -0.05) is 12.1 Å². The molecule has 0 radical (unpaired) electrons. The van der Waals surface area contributed by atoms with E-state index in [4.69, 9.17) is 0 Å². The molecular weight excluding hydrogens is 407 g/mol. The summed E-state index contributed by atoms with van der Waals surface area (Å²) in [6, 6.07) is 8.94. The van der Waals surface area contributed by atoms with Gasteiger partial charge in [-0.2, -0.15) is 18.3 Å². The quantitative estimate of drug-likeness (QED) is 0.481. The van der Waals surface area contributed by atoms with E-state index in [2.05, 4.69) is 20.5 Å². The fourth-order valence-corrected chi connectivity index (χ4v) is 3.47. The van der Waals surface area contributed by atoms with Crippen LogP contribution in [0.2, 0.25) is 0 Å². The third-order valence-electron chi connectivity index (χ3n) is 5.19. The fraction of sp³-hybridized carbons (Fsp3) is 0.227. The Balaban J connectivity index is 1.63. The van der Waals surface area contributed by atoms with Gasteiger partial charge in [0.2, 0.25) is 0 Å². The van der Waals surface area contributed by atoms with Gasteiger partial charge in [0.15, 0.2) is 0 Å². The van der Waals surface area contributed by atoms with Crippen molar-refractivity contribution in [2.45, 2.75) is 33.5 Å². The van der Waals surface area contributed by atoms with Gasteiger partial charge in [-0.25, -0.2) is 4.98 Å². The first kappa shape index (κ1) is 20.6. The fourth-order valence-electron chi connectivity index (χ4n) is 3.47. The largest absolute Gasteiger partial charge is 0.416 e. The van der Waals surface area contributed by atoms with E-state index < -0.39 is 11.7 Å². The Hall–Kier alpha value is -3.62. The lowest BCUT2D eigenvalue weighted by Gasteiger charge is -2.12. The molecule has 0 atom stereocenters. The number of H-pyrrole nitrogens is 1. The molecule has 0 aliphatic rings. The van der Waals surface area contributed by atoms with Gasteiger partial charge in [0.1, 0.15) is 11.5 Å². The normalized spacial score (nSPS) is 11.8. The molecule has 9 heteroatoms. The molecule has 6 nitrogen and oxygen atoms in total. The Labute approximate surface area is 176 Å². The number of carbonyl (C=O) groups is 1. The van der Waals surface area contributed by atoms with Crippen molar-refractivity contribution in [2.24, 2.45) is 0 Å². The van der Waals surface area contributed by atoms with Crippen molar-refractivity contribution in [2.75, 3.05) is 5.32 Å². The van der Waals surface area contributed by atoms with Crippen LogP contribution in [0.5, 0.6) is 0 Å². The molecule has 0 bridgehead atoms. The first-order chi connectivity index (χ1) is 14.6. The lowest BCUT2D eigenvalue weighted by atomic mass is 10.1. The highest BCUT2D eigenvalue weighted by molar-refractivity contribution is 6.04. The first-order valence-electron chi connectivity index (χ1n) is 9.58. The Morgan fingerprint density at radius 1 is 1.10 bits per heavy atom. The molecule has 160 valence electrons. The highest BCUT2D eigenvalue weighted by Gasteiger charge is 2.30. The number of aromatic nitrogens is 4. The van der Waals surface area contributed by atoms with Gasteiger partial charge in [-0.3, -0.25) is 9.89 Å². The van der Waals surface area contributed by atoms with Crippen LogP contribution < -0.4 is 5.32 Å². The number of benzene rings is 1. The summed E-state index contributed by atoms with van der Waals surface area (Å²) in [5.74, 6) is 0.115. The number of amides is 1. The number of nitrogens with zero attached hydrogens (tertiary/aromatic N) is 3. The van der Waals surface area contributed by atoms with Crippen molar-refractivity contribution < 1.29 is 18.0 Å². The summed E-state index contributed by atoms with van der Waals surface area (Å²) in [4.78, 5) is 17.1. The third kappa shape index (κ3) is 4.03. The van der Waals surface area contributed by atoms with Crippen LogP contribution in [0.1, 0.15) is 38.4 Å². The maximum absolute atomic E-state index is 12.8. The molecule has 1 amide bonds. The SMILES string of the molecule is Cc1cc2c(cc(C)n2Cc2ccc(C(F)(F)F)cc2)nc1NC(=O)c1[nH]ncc1C. The molecule has 0 aliphatic carbocycles. The lowest BCUT2D eigenvalue weighted by molar-refractivity contribution is -0.137. The highest BCUT2D eigenvalue weighted by Crippen LogP contribution is 2.30. The van der Waals surface area contributed by atoms with E-state index in [0.717, 1.165) is 40.0 Å². The van der Waals surface area contributed by atoms with Gasteiger partial charge in [0.05, 0.1) is 22.8 Å². The number of halogens is 3. The summed E-state index contributed by atoms with van der Waals surface area (Å²) in [6.45, 7) is 5.94. The predicted molar refractivity (Wildman–Crippen MR) is 111 cm³/mol. The molecule has 2 N–H and O–H groups in total. The number of hydrogen-bond acceptors (Lipinski definition) is 3.